The van der Waals surface area contributed by atoms with Crippen molar-refractivity contribution in [2.75, 3.05) is 19.6 Å². The van der Waals surface area contributed by atoms with E-state index in [2.05, 4.69) is 15.9 Å². The highest BCUT2D eigenvalue weighted by molar-refractivity contribution is 9.10. The van der Waals surface area contributed by atoms with Crippen LogP contribution in [0.5, 0.6) is 0 Å². The zero-order valence-electron chi connectivity index (χ0n) is 15.3. The molecule has 1 aliphatic heterocycles. The van der Waals surface area contributed by atoms with Gasteiger partial charge in [0.1, 0.15) is 5.60 Å². The summed E-state index contributed by atoms with van der Waals surface area (Å²) in [6, 6.07) is 3.94. The van der Waals surface area contributed by atoms with E-state index in [9.17, 15) is 18.4 Å². The number of ether oxygens (including phenoxy) is 1. The van der Waals surface area contributed by atoms with Gasteiger partial charge in [-0.3, -0.25) is 4.79 Å². The van der Waals surface area contributed by atoms with Gasteiger partial charge in [-0.25, -0.2) is 13.6 Å². The Morgan fingerprint density at radius 3 is 2.46 bits per heavy atom. The molecule has 26 heavy (non-hydrogen) atoms. The summed E-state index contributed by atoms with van der Waals surface area (Å²) in [5, 5.41) is 0. The topological polar surface area (TPSA) is 49.9 Å². The summed E-state index contributed by atoms with van der Waals surface area (Å²) in [4.78, 5) is 28.1. The molecule has 0 aliphatic carbocycles. The molecule has 0 aromatic heterocycles. The highest BCUT2D eigenvalue weighted by Gasteiger charge is 2.32. The van der Waals surface area contributed by atoms with Gasteiger partial charge in [0.25, 0.3) is 12.3 Å². The van der Waals surface area contributed by atoms with Gasteiger partial charge >= 0.3 is 6.09 Å². The first-order valence-corrected chi connectivity index (χ1v) is 9.15. The predicted octanol–water partition coefficient (Wildman–Crippen LogP) is 4.47. The average Bonchev–Trinajstić information content (AvgIpc) is 2.52. The Bertz CT molecular complexity index is 692. The Morgan fingerprint density at radius 1 is 1.27 bits per heavy atom. The standard InChI is InChI=1S/C18H23BrF2N2O3/c1-11-10-22(17(25)26-18(2,3)4)7-8-23(11)16(24)12-5-6-14(19)13(9-12)15(20)21/h5-6,9,11,15H,7-8,10H2,1-4H3. The van der Waals surface area contributed by atoms with Crippen LogP contribution in [0.15, 0.2) is 22.7 Å². The maximum absolute atomic E-state index is 13.1. The van der Waals surface area contributed by atoms with Gasteiger partial charge < -0.3 is 14.5 Å². The van der Waals surface area contributed by atoms with Crippen LogP contribution in [-0.2, 0) is 4.74 Å². The molecule has 144 valence electrons. The van der Waals surface area contributed by atoms with Crippen molar-refractivity contribution in [1.82, 2.24) is 9.80 Å². The number of benzene rings is 1. The van der Waals surface area contributed by atoms with Crippen molar-refractivity contribution in [1.29, 1.82) is 0 Å². The van der Waals surface area contributed by atoms with E-state index in [0.717, 1.165) is 0 Å². The lowest BCUT2D eigenvalue weighted by molar-refractivity contribution is 0.00615. The molecule has 1 aromatic rings. The molecule has 1 unspecified atom stereocenters. The van der Waals surface area contributed by atoms with Crippen molar-refractivity contribution in [3.63, 3.8) is 0 Å². The van der Waals surface area contributed by atoms with Gasteiger partial charge in [-0.2, -0.15) is 0 Å². The van der Waals surface area contributed by atoms with Gasteiger partial charge in [0.2, 0.25) is 0 Å². The lowest BCUT2D eigenvalue weighted by Gasteiger charge is -2.40. The first kappa shape index (κ1) is 20.6. The normalized spacial score (nSPS) is 18.2. The average molecular weight is 433 g/mol. The molecule has 1 saturated heterocycles. The molecule has 5 nitrogen and oxygen atoms in total. The molecule has 0 spiro atoms. The van der Waals surface area contributed by atoms with E-state index < -0.39 is 18.1 Å². The summed E-state index contributed by atoms with van der Waals surface area (Å²) in [5.74, 6) is -0.323. The predicted molar refractivity (Wildman–Crippen MR) is 97.4 cm³/mol. The van der Waals surface area contributed by atoms with Crippen LogP contribution >= 0.6 is 15.9 Å². The number of carbonyl (C=O) groups is 2. The van der Waals surface area contributed by atoms with Gasteiger partial charge in [0.05, 0.1) is 0 Å². The van der Waals surface area contributed by atoms with Gasteiger partial charge in [-0.05, 0) is 45.9 Å². The van der Waals surface area contributed by atoms with Crippen molar-refractivity contribution in [3.05, 3.63) is 33.8 Å². The summed E-state index contributed by atoms with van der Waals surface area (Å²) in [5.41, 5.74) is -0.590. The van der Waals surface area contributed by atoms with Crippen LogP contribution < -0.4 is 0 Å². The zero-order chi connectivity index (χ0) is 19.6. The lowest BCUT2D eigenvalue weighted by Crippen LogP contribution is -2.56. The molecule has 1 atom stereocenters. The molecule has 8 heteroatoms. The summed E-state index contributed by atoms with van der Waals surface area (Å²) < 4.78 is 31.7. The largest absolute Gasteiger partial charge is 0.444 e. The highest BCUT2D eigenvalue weighted by atomic mass is 79.9. The van der Waals surface area contributed by atoms with Crippen LogP contribution in [0.1, 0.15) is 50.0 Å². The molecule has 1 aliphatic rings. The Hall–Kier alpha value is -1.70. The number of nitrogens with zero attached hydrogens (tertiary/aromatic N) is 2. The zero-order valence-corrected chi connectivity index (χ0v) is 16.8. The highest BCUT2D eigenvalue weighted by Crippen LogP contribution is 2.29. The van der Waals surface area contributed by atoms with E-state index in [-0.39, 0.29) is 27.5 Å². The van der Waals surface area contributed by atoms with Crippen molar-refractivity contribution >= 4 is 27.9 Å². The number of carbonyl (C=O) groups excluding carboxylic acids is 2. The molecule has 0 saturated carbocycles. The van der Waals surface area contributed by atoms with Crippen molar-refractivity contribution < 1.29 is 23.1 Å². The number of piperazine rings is 1. The van der Waals surface area contributed by atoms with Gasteiger partial charge in [0, 0.05) is 41.3 Å². The molecule has 0 N–H and O–H groups in total. The minimum atomic E-state index is -2.67. The van der Waals surface area contributed by atoms with Crippen LogP contribution in [0.3, 0.4) is 0 Å². The van der Waals surface area contributed by atoms with E-state index in [1.807, 2.05) is 6.92 Å². The van der Waals surface area contributed by atoms with E-state index >= 15 is 0 Å². The van der Waals surface area contributed by atoms with Gasteiger partial charge in [-0.1, -0.05) is 15.9 Å². The van der Waals surface area contributed by atoms with Crippen LogP contribution in [0, 0.1) is 0 Å². The monoisotopic (exact) mass is 432 g/mol. The molecule has 1 fully saturated rings. The second kappa shape index (κ2) is 7.90. The van der Waals surface area contributed by atoms with Crippen LogP contribution in [-0.4, -0.2) is 53.1 Å². The fourth-order valence-corrected chi connectivity index (χ4v) is 3.18. The Kier molecular flexibility index (Phi) is 6.26. The van der Waals surface area contributed by atoms with Gasteiger partial charge in [0.15, 0.2) is 0 Å². The number of alkyl halides is 2. The molecule has 1 aromatic carbocycles. The fourth-order valence-electron chi connectivity index (χ4n) is 2.76. The Morgan fingerprint density at radius 2 is 1.92 bits per heavy atom. The van der Waals surface area contributed by atoms with E-state index in [0.29, 0.717) is 19.6 Å². The minimum Gasteiger partial charge on any atom is -0.444 e. The summed E-state index contributed by atoms with van der Waals surface area (Å²) in [7, 11) is 0. The molecule has 0 radical (unpaired) electrons. The van der Waals surface area contributed by atoms with Crippen LogP contribution in [0.2, 0.25) is 0 Å². The SMILES string of the molecule is CC1CN(C(=O)OC(C)(C)C)CCN1C(=O)c1ccc(Br)c(C(F)F)c1. The van der Waals surface area contributed by atoms with Crippen molar-refractivity contribution in [2.24, 2.45) is 0 Å². The first-order chi connectivity index (χ1) is 12.0. The second-order valence-electron chi connectivity index (χ2n) is 7.31. The minimum absolute atomic E-state index is 0.209. The second-order valence-corrected chi connectivity index (χ2v) is 8.17. The van der Waals surface area contributed by atoms with E-state index in [1.165, 1.54) is 18.2 Å². The number of amides is 2. The quantitative estimate of drug-likeness (QED) is 0.692. The molecule has 0 bridgehead atoms. The van der Waals surface area contributed by atoms with Crippen molar-refractivity contribution in [3.8, 4) is 0 Å². The maximum atomic E-state index is 13.1. The molecule has 1 heterocycles. The third-order valence-electron chi connectivity index (χ3n) is 4.02. The molecular weight excluding hydrogens is 410 g/mol. The number of halogens is 3. The summed E-state index contributed by atoms with van der Waals surface area (Å²) in [6.07, 6.45) is -3.08. The molecule has 2 rings (SSSR count). The van der Waals surface area contributed by atoms with E-state index in [1.54, 1.807) is 30.6 Å². The summed E-state index contributed by atoms with van der Waals surface area (Å²) >= 11 is 3.07. The summed E-state index contributed by atoms with van der Waals surface area (Å²) in [6.45, 7) is 8.19. The lowest BCUT2D eigenvalue weighted by atomic mass is 10.1. The fraction of sp³-hybridized carbons (Fsp3) is 0.556. The van der Waals surface area contributed by atoms with Crippen molar-refractivity contribution in [2.45, 2.75) is 45.8 Å². The Labute approximate surface area is 160 Å². The van der Waals surface area contributed by atoms with Crippen LogP contribution in [0.4, 0.5) is 13.6 Å². The number of rotatable bonds is 2. The molecular formula is C18H23BrF2N2O3. The van der Waals surface area contributed by atoms with Gasteiger partial charge in [-0.15, -0.1) is 0 Å². The maximum Gasteiger partial charge on any atom is 0.410 e. The molecule has 2 amide bonds. The van der Waals surface area contributed by atoms with Crippen LogP contribution in [0.25, 0.3) is 0 Å². The third-order valence-corrected chi connectivity index (χ3v) is 4.74. The smallest absolute Gasteiger partial charge is 0.410 e. The Balaban J connectivity index is 2.09. The number of hydrogen-bond donors (Lipinski definition) is 0. The third kappa shape index (κ3) is 4.93. The van der Waals surface area contributed by atoms with E-state index in [4.69, 9.17) is 4.74 Å². The first-order valence-electron chi connectivity index (χ1n) is 8.36. The number of hydrogen-bond acceptors (Lipinski definition) is 3.